The molecule has 1 aromatic carbocycles. The summed E-state index contributed by atoms with van der Waals surface area (Å²) < 4.78 is 0. The molecule has 2 aromatic rings. The fourth-order valence-electron chi connectivity index (χ4n) is 1.50. The van der Waals surface area contributed by atoms with E-state index in [1.165, 1.54) is 5.01 Å². The molecule has 0 bridgehead atoms. The molecule has 0 fully saturated rings. The van der Waals surface area contributed by atoms with Gasteiger partial charge in [-0.15, -0.1) is 0 Å². The number of fused-ring (bicyclic) bond motifs is 1. The van der Waals surface area contributed by atoms with Crippen LogP contribution in [0.3, 0.4) is 0 Å². The molecule has 0 saturated carbocycles. The fourth-order valence-corrected chi connectivity index (χ4v) is 1.50. The third-order valence-electron chi connectivity index (χ3n) is 2.13. The number of benzene rings is 1. The summed E-state index contributed by atoms with van der Waals surface area (Å²) in [5.41, 5.74) is 8.35. The van der Waals surface area contributed by atoms with E-state index in [1.54, 1.807) is 19.4 Å². The monoisotopic (exact) mass is 203 g/mol. The summed E-state index contributed by atoms with van der Waals surface area (Å²) in [6, 6.07) is 5.84. The second-order valence-corrected chi connectivity index (χ2v) is 3.39. The Morgan fingerprint density at radius 3 is 3.07 bits per heavy atom. The number of hydrogen-bond donors (Lipinski definition) is 3. The van der Waals surface area contributed by atoms with Gasteiger partial charge >= 0.3 is 0 Å². The molecule has 0 aliphatic heterocycles. The first-order valence-corrected chi connectivity index (χ1v) is 4.56. The first-order valence-electron chi connectivity index (χ1n) is 4.56. The number of hydrazine groups is 1. The Kier molecular flexibility index (Phi) is 2.31. The van der Waals surface area contributed by atoms with Gasteiger partial charge in [0.1, 0.15) is 0 Å². The molecule has 1 aromatic heterocycles. The van der Waals surface area contributed by atoms with Crippen LogP contribution >= 0.6 is 0 Å². The zero-order valence-corrected chi connectivity index (χ0v) is 8.44. The van der Waals surface area contributed by atoms with Gasteiger partial charge in [-0.1, -0.05) is 18.2 Å². The van der Waals surface area contributed by atoms with E-state index in [1.807, 2.05) is 18.2 Å². The topological polar surface area (TPSA) is 84.0 Å². The molecule has 78 valence electrons. The summed E-state index contributed by atoms with van der Waals surface area (Å²) in [5, 5.41) is 9.34. The molecule has 5 heteroatoms. The molecule has 0 atom stereocenters. The number of aromatic amines is 1. The molecule has 5 nitrogen and oxygen atoms in total. The molecule has 15 heavy (non-hydrogen) atoms. The van der Waals surface area contributed by atoms with Crippen molar-refractivity contribution in [3.8, 4) is 0 Å². The Balaban J connectivity index is 2.56. The Bertz CT molecular complexity index is 497. The van der Waals surface area contributed by atoms with Crippen LogP contribution in [-0.4, -0.2) is 22.3 Å². The smallest absolute Gasteiger partial charge is 0.0743 e. The van der Waals surface area contributed by atoms with E-state index in [4.69, 9.17) is 11.6 Å². The minimum atomic E-state index is 0.606. The molecule has 5 N–H and O–H groups in total. The summed E-state index contributed by atoms with van der Waals surface area (Å²) in [5.74, 6) is 5.50. The maximum Gasteiger partial charge on any atom is 0.0743 e. The molecular weight excluding hydrogens is 190 g/mol. The van der Waals surface area contributed by atoms with Gasteiger partial charge in [-0.3, -0.25) is 5.10 Å². The zero-order chi connectivity index (χ0) is 10.8. The van der Waals surface area contributed by atoms with Gasteiger partial charge in [-0.25, -0.2) is 5.84 Å². The average molecular weight is 203 g/mol. The maximum atomic E-state index is 5.91. The molecule has 0 spiro atoms. The summed E-state index contributed by atoms with van der Waals surface area (Å²) in [4.78, 5) is 0. The van der Waals surface area contributed by atoms with Crippen molar-refractivity contribution in [3.63, 3.8) is 0 Å². The van der Waals surface area contributed by atoms with Gasteiger partial charge in [0.25, 0.3) is 0 Å². The van der Waals surface area contributed by atoms with Gasteiger partial charge in [0.05, 0.1) is 17.4 Å². The number of H-pyrrole nitrogens is 1. The first kappa shape index (κ1) is 9.54. The predicted octanol–water partition coefficient (Wildman–Crippen LogP) is 0.625. The number of aromatic nitrogens is 2. The van der Waals surface area contributed by atoms with Crippen LogP contribution in [0.1, 0.15) is 5.56 Å². The van der Waals surface area contributed by atoms with Crippen LogP contribution in [0.25, 0.3) is 16.6 Å². The number of rotatable bonds is 2. The van der Waals surface area contributed by atoms with Crippen molar-refractivity contribution in [2.45, 2.75) is 0 Å². The zero-order valence-electron chi connectivity index (χ0n) is 8.44. The van der Waals surface area contributed by atoms with Crippen molar-refractivity contribution in [2.24, 2.45) is 11.6 Å². The summed E-state index contributed by atoms with van der Waals surface area (Å²) in [7, 11) is 1.72. The van der Waals surface area contributed by atoms with E-state index in [-0.39, 0.29) is 0 Å². The molecule has 1 heterocycles. The van der Waals surface area contributed by atoms with E-state index in [9.17, 15) is 0 Å². The Hall–Kier alpha value is -2.01. The van der Waals surface area contributed by atoms with E-state index in [0.717, 1.165) is 16.5 Å². The lowest BCUT2D eigenvalue weighted by molar-refractivity contribution is 0.486. The number of nitrogens with one attached hydrogen (secondary N) is 1. The summed E-state index contributed by atoms with van der Waals surface area (Å²) in [6.45, 7) is 0. The number of nitrogens with zero attached hydrogens (tertiary/aromatic N) is 2. The number of nitrogens with two attached hydrogens (primary N) is 2. The standard InChI is InChI=1S/C10H13N5/c1-15(12)6-9(11)8-4-2-3-7-5-13-14-10(7)8/h2-6H,11-12H2,1H3,(H,13,14)/b9-6-. The average Bonchev–Trinajstić information content (AvgIpc) is 2.63. The molecule has 2 rings (SSSR count). The molecule has 0 saturated heterocycles. The minimum Gasteiger partial charge on any atom is -0.397 e. The highest BCUT2D eigenvalue weighted by atomic mass is 15.4. The third-order valence-corrected chi connectivity index (χ3v) is 2.13. The van der Waals surface area contributed by atoms with Crippen LogP contribution in [0.5, 0.6) is 0 Å². The van der Waals surface area contributed by atoms with Crippen LogP contribution < -0.4 is 11.6 Å². The molecular formula is C10H13N5. The van der Waals surface area contributed by atoms with Crippen LogP contribution in [-0.2, 0) is 0 Å². The first-order chi connectivity index (χ1) is 7.18. The van der Waals surface area contributed by atoms with Crippen LogP contribution in [0.4, 0.5) is 0 Å². The van der Waals surface area contributed by atoms with Crippen molar-refractivity contribution in [3.05, 3.63) is 36.2 Å². The van der Waals surface area contributed by atoms with Crippen LogP contribution in [0.15, 0.2) is 30.6 Å². The van der Waals surface area contributed by atoms with Crippen molar-refractivity contribution in [2.75, 3.05) is 7.05 Å². The van der Waals surface area contributed by atoms with Crippen molar-refractivity contribution in [1.82, 2.24) is 15.2 Å². The third kappa shape index (κ3) is 1.77. The number of hydrogen-bond acceptors (Lipinski definition) is 4. The van der Waals surface area contributed by atoms with Gasteiger partial charge in [-0.05, 0) is 0 Å². The number of para-hydroxylation sites is 1. The lowest BCUT2D eigenvalue weighted by Crippen LogP contribution is -2.20. The molecule has 0 amide bonds. The van der Waals surface area contributed by atoms with Crippen molar-refractivity contribution < 1.29 is 0 Å². The Morgan fingerprint density at radius 2 is 2.33 bits per heavy atom. The molecule has 0 unspecified atom stereocenters. The second-order valence-electron chi connectivity index (χ2n) is 3.39. The molecule has 0 aliphatic rings. The lowest BCUT2D eigenvalue weighted by Gasteiger charge is -2.08. The quantitative estimate of drug-likeness (QED) is 0.493. The van der Waals surface area contributed by atoms with E-state index in [2.05, 4.69) is 10.2 Å². The van der Waals surface area contributed by atoms with Gasteiger partial charge < -0.3 is 10.7 Å². The van der Waals surface area contributed by atoms with Gasteiger partial charge in [0, 0.05) is 24.2 Å². The van der Waals surface area contributed by atoms with E-state index in [0.29, 0.717) is 5.70 Å². The Morgan fingerprint density at radius 1 is 1.53 bits per heavy atom. The summed E-state index contributed by atoms with van der Waals surface area (Å²) in [6.07, 6.45) is 3.42. The highest BCUT2D eigenvalue weighted by Crippen LogP contribution is 2.19. The van der Waals surface area contributed by atoms with E-state index < -0.39 is 0 Å². The Labute approximate surface area is 87.3 Å². The maximum absolute atomic E-state index is 5.91. The van der Waals surface area contributed by atoms with Crippen molar-refractivity contribution in [1.29, 1.82) is 0 Å². The van der Waals surface area contributed by atoms with Crippen LogP contribution in [0.2, 0.25) is 0 Å². The lowest BCUT2D eigenvalue weighted by atomic mass is 10.1. The van der Waals surface area contributed by atoms with Gasteiger partial charge in [-0.2, -0.15) is 5.10 Å². The predicted molar refractivity (Wildman–Crippen MR) is 60.2 cm³/mol. The minimum absolute atomic E-state index is 0.606. The summed E-state index contributed by atoms with van der Waals surface area (Å²) >= 11 is 0. The van der Waals surface area contributed by atoms with Crippen LogP contribution in [0, 0.1) is 0 Å². The van der Waals surface area contributed by atoms with Crippen molar-refractivity contribution >= 4 is 16.6 Å². The van der Waals surface area contributed by atoms with Gasteiger partial charge in [0.15, 0.2) is 0 Å². The highest BCUT2D eigenvalue weighted by Gasteiger charge is 2.04. The largest absolute Gasteiger partial charge is 0.397 e. The molecule has 0 aliphatic carbocycles. The SMILES string of the molecule is CN(N)/C=C(\N)c1cccc2cn[nH]c12. The van der Waals surface area contributed by atoms with E-state index >= 15 is 0 Å². The second kappa shape index (κ2) is 3.62. The fraction of sp³-hybridized carbons (Fsp3) is 0.100. The molecule has 0 radical (unpaired) electrons. The normalized spacial score (nSPS) is 12.0. The van der Waals surface area contributed by atoms with Gasteiger partial charge in [0.2, 0.25) is 0 Å². The highest BCUT2D eigenvalue weighted by molar-refractivity contribution is 5.89.